The van der Waals surface area contributed by atoms with Crippen LogP contribution in [0.25, 0.3) is 21.5 Å². The van der Waals surface area contributed by atoms with Crippen molar-refractivity contribution in [1.82, 2.24) is 4.98 Å². The molecule has 0 spiro atoms. The number of rotatable bonds is 6. The van der Waals surface area contributed by atoms with E-state index in [9.17, 15) is 10.2 Å². The third kappa shape index (κ3) is 24.9. The summed E-state index contributed by atoms with van der Waals surface area (Å²) in [6.45, 7) is 32.7. The monoisotopic (exact) mass is 990 g/mol. The van der Waals surface area contributed by atoms with Crippen LogP contribution in [0.2, 0.25) is 0 Å². The van der Waals surface area contributed by atoms with E-state index in [1.165, 1.54) is 44.0 Å². The quantitative estimate of drug-likeness (QED) is 0.175. The van der Waals surface area contributed by atoms with E-state index < -0.39 is 0 Å². The van der Waals surface area contributed by atoms with Crippen molar-refractivity contribution in [3.63, 3.8) is 0 Å². The first-order valence-electron chi connectivity index (χ1n) is 24.7. The number of aromatic nitrogens is 1. The van der Waals surface area contributed by atoms with Gasteiger partial charge < -0.3 is 10.2 Å². The van der Waals surface area contributed by atoms with Gasteiger partial charge in [0, 0.05) is 12.4 Å². The summed E-state index contributed by atoms with van der Waals surface area (Å²) in [6, 6.07) is 58.2. The van der Waals surface area contributed by atoms with Gasteiger partial charge in [0.1, 0.15) is 11.5 Å². The normalized spacial score (nSPS) is 10.2. The number of benzene rings is 7. The molecule has 0 aliphatic carbocycles. The van der Waals surface area contributed by atoms with E-state index in [0.29, 0.717) is 47.0 Å². The maximum Gasteiger partial charge on any atom is 0.119 e. The zero-order chi connectivity index (χ0) is 50.4. The average Bonchev–Trinajstić information content (AvgIpc) is 3.32. The Morgan fingerprint density at radius 1 is 0.329 bits per heavy atom. The molecule has 1 aromatic heterocycles. The molecule has 0 radical (unpaired) electrons. The number of hydrogen-bond donors (Lipinski definition) is 2. The average molecular weight is 991 g/mol. The molecule has 0 aliphatic rings. The van der Waals surface area contributed by atoms with Crippen molar-refractivity contribution in [1.29, 1.82) is 0 Å². The first-order chi connectivity index (χ1) is 32.2. The number of phenols is 2. The van der Waals surface area contributed by atoms with Gasteiger partial charge in [-0.3, -0.25) is 4.98 Å². The molecule has 0 saturated carbocycles. The smallest absolute Gasteiger partial charge is 0.119 e. The van der Waals surface area contributed by atoms with Crippen molar-refractivity contribution in [3.8, 4) is 11.5 Å². The molecule has 0 aliphatic heterocycles. The first-order valence-corrected chi connectivity index (χ1v) is 24.7. The largest absolute Gasteiger partial charge is 0.508 e. The number of hydrogen-bond acceptors (Lipinski definition) is 3. The van der Waals surface area contributed by atoms with Gasteiger partial charge in [-0.2, -0.15) is 0 Å². The minimum absolute atomic E-state index is 0. The van der Waals surface area contributed by atoms with Crippen molar-refractivity contribution < 1.29 is 10.2 Å². The van der Waals surface area contributed by atoms with E-state index in [4.69, 9.17) is 0 Å². The SMILES string of the molecule is C.C.C.C.C.CC(C)c1cc2ccccc2cc1O.CC(C)c1ccc(C(C)(C)C)cc1.CC(C)c1ccc2ccccc2c1.CC(C)c1ccccc1.CC(C)c1ccccc1O.CC(C)c1cccnc1. The minimum atomic E-state index is 0. The van der Waals surface area contributed by atoms with E-state index in [-0.39, 0.29) is 42.5 Å². The molecule has 3 nitrogen and oxygen atoms in total. The van der Waals surface area contributed by atoms with Crippen LogP contribution >= 0.6 is 0 Å². The van der Waals surface area contributed by atoms with Gasteiger partial charge in [0.25, 0.3) is 0 Å². The molecule has 3 heteroatoms. The van der Waals surface area contributed by atoms with Crippen LogP contribution in [0, 0.1) is 0 Å². The predicted molar refractivity (Wildman–Crippen MR) is 332 cm³/mol. The molecular formula is C70H103NO2. The van der Waals surface area contributed by atoms with Crippen LogP contribution in [-0.2, 0) is 5.41 Å². The van der Waals surface area contributed by atoms with E-state index in [2.05, 4.69) is 218 Å². The third-order valence-corrected chi connectivity index (χ3v) is 11.8. The maximum atomic E-state index is 9.78. The molecule has 0 fully saturated rings. The summed E-state index contributed by atoms with van der Waals surface area (Å²) in [5.74, 6) is 4.07. The second kappa shape index (κ2) is 35.8. The third-order valence-electron chi connectivity index (χ3n) is 11.8. The summed E-state index contributed by atoms with van der Waals surface area (Å²) in [5, 5.41) is 24.0. The molecule has 8 aromatic rings. The molecule has 8 rings (SSSR count). The molecule has 1 heterocycles. The second-order valence-corrected chi connectivity index (χ2v) is 20.4. The van der Waals surface area contributed by atoms with Crippen LogP contribution in [0.15, 0.2) is 182 Å². The van der Waals surface area contributed by atoms with E-state index in [1.54, 1.807) is 12.3 Å². The van der Waals surface area contributed by atoms with Crippen LogP contribution in [0.5, 0.6) is 11.5 Å². The highest BCUT2D eigenvalue weighted by Crippen LogP contribution is 2.30. The van der Waals surface area contributed by atoms with Crippen molar-refractivity contribution >= 4 is 21.5 Å². The Balaban J connectivity index is -0.000000801. The zero-order valence-corrected chi connectivity index (χ0v) is 44.1. The number of pyridine rings is 1. The molecule has 400 valence electrons. The highest BCUT2D eigenvalue weighted by atomic mass is 16.3. The van der Waals surface area contributed by atoms with Crippen LogP contribution in [-0.4, -0.2) is 15.2 Å². The van der Waals surface area contributed by atoms with Crippen molar-refractivity contribution in [2.75, 3.05) is 0 Å². The molecule has 0 bridgehead atoms. The lowest BCUT2D eigenvalue weighted by atomic mass is 9.86. The zero-order valence-electron chi connectivity index (χ0n) is 44.1. The fraction of sp³-hybridized carbons (Fsp3) is 0.386. The van der Waals surface area contributed by atoms with E-state index in [0.717, 1.165) is 16.5 Å². The summed E-state index contributed by atoms with van der Waals surface area (Å²) in [6.07, 6.45) is 3.70. The van der Waals surface area contributed by atoms with Crippen molar-refractivity contribution in [2.24, 2.45) is 0 Å². The Morgan fingerprint density at radius 3 is 1.12 bits per heavy atom. The van der Waals surface area contributed by atoms with Crippen LogP contribution in [0.4, 0.5) is 0 Å². The van der Waals surface area contributed by atoms with Gasteiger partial charge in [-0.05, 0) is 126 Å². The standard InChI is InChI=1S/C13H14O.C13H14.C13H20.C9H12O.C9H12.C8H11N.5CH4/c1-9(2)12-7-10-5-3-4-6-11(10)8-13(12)14;1-10(2)12-8-7-11-5-3-4-6-13(11)9-12;1-10(2)11-6-8-12(9-7-11)13(3,4)5;1-7(2)8-5-3-4-6-9(8)10;1-8(2)9-6-4-3-5-7-9;1-7(2)8-4-3-5-9-6-8;;;;;/h3-9,14H,1-2H3;3-10H,1-2H3;6-10H,1-5H3;3-7,10H,1-2H3;3-8H,1-2H3;3-7H,1-2H3;5*1H4. The van der Waals surface area contributed by atoms with Gasteiger partial charge in [-0.1, -0.05) is 287 Å². The molecule has 2 N–H and O–H groups in total. The molecule has 73 heavy (non-hydrogen) atoms. The lowest BCUT2D eigenvalue weighted by molar-refractivity contribution is 0.464. The molecular weight excluding hydrogens is 887 g/mol. The van der Waals surface area contributed by atoms with Gasteiger partial charge in [0.15, 0.2) is 0 Å². The van der Waals surface area contributed by atoms with Crippen LogP contribution < -0.4 is 0 Å². The topological polar surface area (TPSA) is 53.4 Å². The minimum Gasteiger partial charge on any atom is -0.508 e. The number of fused-ring (bicyclic) bond motifs is 2. The number of nitrogens with zero attached hydrogens (tertiary/aromatic N) is 1. The number of para-hydroxylation sites is 1. The van der Waals surface area contributed by atoms with E-state index >= 15 is 0 Å². The number of aromatic hydroxyl groups is 2. The van der Waals surface area contributed by atoms with Gasteiger partial charge in [-0.25, -0.2) is 0 Å². The van der Waals surface area contributed by atoms with Crippen LogP contribution in [0.3, 0.4) is 0 Å². The Morgan fingerprint density at radius 2 is 0.726 bits per heavy atom. The van der Waals surface area contributed by atoms with Crippen molar-refractivity contribution in [3.05, 3.63) is 221 Å². The second-order valence-electron chi connectivity index (χ2n) is 20.4. The van der Waals surface area contributed by atoms with Crippen LogP contribution in [0.1, 0.15) is 215 Å². The van der Waals surface area contributed by atoms with Gasteiger partial charge in [-0.15, -0.1) is 0 Å². The summed E-state index contributed by atoms with van der Waals surface area (Å²) >= 11 is 0. The molecule has 0 amide bonds. The number of phenolic OH excluding ortho intramolecular Hbond substituents is 2. The van der Waals surface area contributed by atoms with Gasteiger partial charge in [0.2, 0.25) is 0 Å². The Bertz CT molecular complexity index is 2570. The molecule has 0 saturated heterocycles. The maximum absolute atomic E-state index is 9.78. The Kier molecular flexibility index (Phi) is 34.9. The highest BCUT2D eigenvalue weighted by molar-refractivity contribution is 5.85. The Labute approximate surface area is 449 Å². The lowest BCUT2D eigenvalue weighted by Crippen LogP contribution is -2.10. The molecule has 0 atom stereocenters. The lowest BCUT2D eigenvalue weighted by Gasteiger charge is -2.19. The molecule has 0 unspecified atom stereocenters. The first kappa shape index (κ1) is 71.1. The van der Waals surface area contributed by atoms with Crippen molar-refractivity contribution in [2.45, 2.75) is 182 Å². The summed E-state index contributed by atoms with van der Waals surface area (Å²) < 4.78 is 0. The predicted octanol–water partition coefficient (Wildman–Crippen LogP) is 22.5. The fourth-order valence-corrected chi connectivity index (χ4v) is 7.17. The Hall–Kier alpha value is -6.19. The summed E-state index contributed by atoms with van der Waals surface area (Å²) in [7, 11) is 0. The van der Waals surface area contributed by atoms with E-state index in [1.807, 2.05) is 60.8 Å². The van der Waals surface area contributed by atoms with Gasteiger partial charge >= 0.3 is 0 Å². The summed E-state index contributed by atoms with van der Waals surface area (Å²) in [5.41, 5.74) is 9.28. The van der Waals surface area contributed by atoms with Gasteiger partial charge in [0.05, 0.1) is 0 Å². The molecule has 7 aromatic carbocycles. The highest BCUT2D eigenvalue weighted by Gasteiger charge is 2.13. The fourth-order valence-electron chi connectivity index (χ4n) is 7.17. The summed E-state index contributed by atoms with van der Waals surface area (Å²) in [4.78, 5) is 4.01.